The van der Waals surface area contributed by atoms with E-state index in [4.69, 9.17) is 4.74 Å². The van der Waals surface area contributed by atoms with E-state index in [-0.39, 0.29) is 18.0 Å². The Balaban J connectivity index is 1.32. The van der Waals surface area contributed by atoms with Crippen molar-refractivity contribution in [1.29, 1.82) is 0 Å². The number of hydrogen-bond donors (Lipinski definition) is 1. The number of nitrogens with zero attached hydrogens (tertiary/aromatic N) is 3. The molecule has 33 heavy (non-hydrogen) atoms. The summed E-state index contributed by atoms with van der Waals surface area (Å²) in [7, 11) is 0. The van der Waals surface area contributed by atoms with Gasteiger partial charge in [0.15, 0.2) is 0 Å². The van der Waals surface area contributed by atoms with E-state index in [2.05, 4.69) is 15.2 Å². The number of carbonyl (C=O) groups is 1. The average Bonchev–Trinajstić information content (AvgIpc) is 3.19. The van der Waals surface area contributed by atoms with E-state index in [1.165, 1.54) is 22.2 Å². The Morgan fingerprint density at radius 1 is 1.09 bits per heavy atom. The molecule has 1 amide bonds. The Labute approximate surface area is 195 Å². The van der Waals surface area contributed by atoms with E-state index in [0.717, 1.165) is 48.0 Å². The third kappa shape index (κ3) is 4.40. The van der Waals surface area contributed by atoms with Gasteiger partial charge in [-0.05, 0) is 42.3 Å². The van der Waals surface area contributed by atoms with E-state index in [1.807, 2.05) is 61.5 Å². The number of amides is 1. The zero-order valence-electron chi connectivity index (χ0n) is 18.3. The molecule has 0 unspecified atom stereocenters. The number of hydrogen-bond acceptors (Lipinski definition) is 6. The molecule has 0 atom stereocenters. The standard InChI is InChI=1S/C25H24N4O3S/c1-17-22-24(33-23(17)18-5-3-2-4-6-18)26-16-29(25(22)31)15-21(30)27-19-7-9-20(10-8-19)28-11-13-32-14-12-28/h2-10,16H,11-15H2,1H3,(H,27,30). The molecule has 4 aromatic rings. The molecule has 5 rings (SSSR count). The second-order valence-electron chi connectivity index (χ2n) is 7.97. The van der Waals surface area contributed by atoms with Crippen LogP contribution in [0.5, 0.6) is 0 Å². The molecular formula is C25H24N4O3S. The number of morpholine rings is 1. The number of thiophene rings is 1. The molecular weight excluding hydrogens is 436 g/mol. The first kappa shape index (κ1) is 21.4. The SMILES string of the molecule is Cc1c(-c2ccccc2)sc2ncn(CC(=O)Nc3ccc(N4CCOCC4)cc3)c(=O)c12. The molecule has 1 aliphatic rings. The van der Waals surface area contributed by atoms with Crippen molar-refractivity contribution < 1.29 is 9.53 Å². The van der Waals surface area contributed by atoms with E-state index in [0.29, 0.717) is 15.9 Å². The predicted molar refractivity (Wildman–Crippen MR) is 132 cm³/mol. The molecule has 1 aliphatic heterocycles. The van der Waals surface area contributed by atoms with Gasteiger partial charge in [0.2, 0.25) is 5.91 Å². The normalized spacial score (nSPS) is 13.9. The lowest BCUT2D eigenvalue weighted by Gasteiger charge is -2.28. The summed E-state index contributed by atoms with van der Waals surface area (Å²) >= 11 is 1.50. The number of aryl methyl sites for hydroxylation is 1. The van der Waals surface area contributed by atoms with Crippen molar-refractivity contribution in [1.82, 2.24) is 9.55 Å². The van der Waals surface area contributed by atoms with Gasteiger partial charge in [0.1, 0.15) is 11.4 Å². The van der Waals surface area contributed by atoms with Crippen LogP contribution in [0.3, 0.4) is 0 Å². The van der Waals surface area contributed by atoms with Crippen molar-refractivity contribution in [3.05, 3.63) is 76.8 Å². The van der Waals surface area contributed by atoms with Crippen LogP contribution in [-0.2, 0) is 16.1 Å². The van der Waals surface area contributed by atoms with Gasteiger partial charge in [0.25, 0.3) is 5.56 Å². The van der Waals surface area contributed by atoms with Gasteiger partial charge < -0.3 is 15.0 Å². The first-order valence-electron chi connectivity index (χ1n) is 10.9. The fourth-order valence-corrected chi connectivity index (χ4v) is 5.21. The Morgan fingerprint density at radius 3 is 2.55 bits per heavy atom. The van der Waals surface area contributed by atoms with Crippen LogP contribution in [0.4, 0.5) is 11.4 Å². The third-order valence-electron chi connectivity index (χ3n) is 5.79. The summed E-state index contributed by atoms with van der Waals surface area (Å²) in [5.74, 6) is -0.270. The third-order valence-corrected chi connectivity index (χ3v) is 7.04. The van der Waals surface area contributed by atoms with Crippen LogP contribution < -0.4 is 15.8 Å². The molecule has 2 aromatic heterocycles. The average molecular weight is 461 g/mol. The quantitative estimate of drug-likeness (QED) is 0.489. The fourth-order valence-electron chi connectivity index (χ4n) is 4.07. The number of benzene rings is 2. The number of carbonyl (C=O) groups excluding carboxylic acids is 1. The molecule has 8 heteroatoms. The van der Waals surface area contributed by atoms with Crippen LogP contribution in [0.2, 0.25) is 0 Å². The number of ether oxygens (including phenoxy) is 1. The Hall–Kier alpha value is -3.49. The van der Waals surface area contributed by atoms with E-state index >= 15 is 0 Å². The van der Waals surface area contributed by atoms with Crippen molar-refractivity contribution in [2.24, 2.45) is 0 Å². The number of anilines is 2. The van der Waals surface area contributed by atoms with Gasteiger partial charge >= 0.3 is 0 Å². The van der Waals surface area contributed by atoms with E-state index in [9.17, 15) is 9.59 Å². The monoisotopic (exact) mass is 460 g/mol. The van der Waals surface area contributed by atoms with Crippen LogP contribution in [0, 0.1) is 6.92 Å². The summed E-state index contributed by atoms with van der Waals surface area (Å²) in [6.07, 6.45) is 1.45. The van der Waals surface area contributed by atoms with Gasteiger partial charge in [0.05, 0.1) is 24.9 Å². The molecule has 168 valence electrons. The number of aromatic nitrogens is 2. The molecule has 2 aromatic carbocycles. The molecule has 0 aliphatic carbocycles. The first-order valence-corrected chi connectivity index (χ1v) is 11.7. The summed E-state index contributed by atoms with van der Waals surface area (Å²) in [5.41, 5.74) is 3.55. The van der Waals surface area contributed by atoms with Crippen LogP contribution >= 0.6 is 11.3 Å². The van der Waals surface area contributed by atoms with Crippen LogP contribution in [0.1, 0.15) is 5.56 Å². The number of fused-ring (bicyclic) bond motifs is 1. The highest BCUT2D eigenvalue weighted by atomic mass is 32.1. The van der Waals surface area contributed by atoms with Crippen molar-refractivity contribution in [2.45, 2.75) is 13.5 Å². The van der Waals surface area contributed by atoms with Crippen molar-refractivity contribution in [3.63, 3.8) is 0 Å². The largest absolute Gasteiger partial charge is 0.378 e. The fraction of sp³-hybridized carbons (Fsp3) is 0.240. The first-order chi connectivity index (χ1) is 16.1. The van der Waals surface area contributed by atoms with Crippen molar-refractivity contribution in [3.8, 4) is 10.4 Å². The summed E-state index contributed by atoms with van der Waals surface area (Å²) in [5, 5.41) is 3.45. The van der Waals surface area contributed by atoms with E-state index in [1.54, 1.807) is 0 Å². The summed E-state index contributed by atoms with van der Waals surface area (Å²) in [6.45, 7) is 5.01. The molecule has 1 fully saturated rings. The second-order valence-corrected chi connectivity index (χ2v) is 8.97. The van der Waals surface area contributed by atoms with Crippen molar-refractivity contribution >= 4 is 38.8 Å². The lowest BCUT2D eigenvalue weighted by atomic mass is 10.1. The van der Waals surface area contributed by atoms with Crippen molar-refractivity contribution in [2.75, 3.05) is 36.5 Å². The van der Waals surface area contributed by atoms with Gasteiger partial charge in [-0.2, -0.15) is 0 Å². The van der Waals surface area contributed by atoms with Crippen LogP contribution in [0.25, 0.3) is 20.7 Å². The summed E-state index contributed by atoms with van der Waals surface area (Å²) < 4.78 is 6.76. The number of nitrogens with one attached hydrogen (secondary N) is 1. The van der Waals surface area contributed by atoms with Crippen LogP contribution in [0.15, 0.2) is 65.7 Å². The molecule has 3 heterocycles. The Bertz CT molecular complexity index is 1340. The predicted octanol–water partition coefficient (Wildman–Crippen LogP) is 3.91. The molecule has 1 saturated heterocycles. The smallest absolute Gasteiger partial charge is 0.262 e. The maximum Gasteiger partial charge on any atom is 0.262 e. The molecule has 0 radical (unpaired) electrons. The van der Waals surface area contributed by atoms with Gasteiger partial charge in [-0.1, -0.05) is 30.3 Å². The molecule has 7 nitrogen and oxygen atoms in total. The highest BCUT2D eigenvalue weighted by Gasteiger charge is 2.17. The van der Waals surface area contributed by atoms with Gasteiger partial charge in [-0.25, -0.2) is 4.98 Å². The van der Waals surface area contributed by atoms with Crippen LogP contribution in [-0.4, -0.2) is 41.8 Å². The van der Waals surface area contributed by atoms with E-state index < -0.39 is 0 Å². The molecule has 1 N–H and O–H groups in total. The minimum absolute atomic E-state index is 0.0943. The zero-order valence-corrected chi connectivity index (χ0v) is 19.1. The molecule has 0 bridgehead atoms. The molecule has 0 saturated carbocycles. The van der Waals surface area contributed by atoms with Gasteiger partial charge in [-0.3, -0.25) is 14.2 Å². The summed E-state index contributed by atoms with van der Waals surface area (Å²) in [6, 6.07) is 17.7. The Kier molecular flexibility index (Phi) is 5.93. The minimum Gasteiger partial charge on any atom is -0.378 e. The highest BCUT2D eigenvalue weighted by Crippen LogP contribution is 2.35. The second kappa shape index (κ2) is 9.17. The maximum atomic E-state index is 13.1. The summed E-state index contributed by atoms with van der Waals surface area (Å²) in [4.78, 5) is 34.2. The maximum absolute atomic E-state index is 13.1. The van der Waals surface area contributed by atoms with Gasteiger partial charge in [-0.15, -0.1) is 11.3 Å². The minimum atomic E-state index is -0.270. The van der Waals surface area contributed by atoms with Gasteiger partial charge in [0, 0.05) is 29.3 Å². The highest BCUT2D eigenvalue weighted by molar-refractivity contribution is 7.22. The Morgan fingerprint density at radius 2 is 1.82 bits per heavy atom. The number of rotatable bonds is 5. The zero-order chi connectivity index (χ0) is 22.8. The lowest BCUT2D eigenvalue weighted by molar-refractivity contribution is -0.116. The lowest BCUT2D eigenvalue weighted by Crippen LogP contribution is -2.36. The molecule has 0 spiro atoms. The topological polar surface area (TPSA) is 76.5 Å².